The molecule has 0 bridgehead atoms. The van der Waals surface area contributed by atoms with E-state index in [2.05, 4.69) is 14.3 Å². The van der Waals surface area contributed by atoms with E-state index >= 15 is 0 Å². The third kappa shape index (κ3) is 1.81. The zero-order chi connectivity index (χ0) is 12.7. The molecular weight excluding hydrogens is 268 g/mol. The normalized spacial score (nSPS) is 11.0. The van der Waals surface area contributed by atoms with Crippen LogP contribution in [0.1, 0.15) is 5.56 Å². The second kappa shape index (κ2) is 4.19. The molecule has 0 saturated carbocycles. The number of nitrogens with two attached hydrogens (primary N) is 1. The highest BCUT2D eigenvalue weighted by atomic mass is 35.5. The van der Waals surface area contributed by atoms with E-state index in [0.717, 1.165) is 28.0 Å². The predicted octanol–water partition coefficient (Wildman–Crippen LogP) is 3.30. The van der Waals surface area contributed by atoms with Crippen LogP contribution in [0.4, 0.5) is 5.13 Å². The number of aromatic nitrogens is 3. The lowest BCUT2D eigenvalue weighted by atomic mass is 10.1. The molecule has 18 heavy (non-hydrogen) atoms. The Kier molecular flexibility index (Phi) is 2.65. The van der Waals surface area contributed by atoms with Crippen molar-refractivity contribution in [2.24, 2.45) is 0 Å². The molecule has 0 spiro atoms. The van der Waals surface area contributed by atoms with Crippen molar-refractivity contribution >= 4 is 39.2 Å². The summed E-state index contributed by atoms with van der Waals surface area (Å²) in [6.45, 7) is 1.95. The summed E-state index contributed by atoms with van der Waals surface area (Å²) in [5, 5.41) is 2.19. The molecule has 2 N–H and O–H groups in total. The Hall–Kier alpha value is -1.72. The van der Waals surface area contributed by atoms with E-state index in [0.29, 0.717) is 21.7 Å². The van der Waals surface area contributed by atoms with E-state index in [9.17, 15) is 0 Å². The Balaban J connectivity index is 2.24. The van der Waals surface area contributed by atoms with Gasteiger partial charge < -0.3 is 5.73 Å². The van der Waals surface area contributed by atoms with Crippen LogP contribution in [0.5, 0.6) is 0 Å². The summed E-state index contributed by atoms with van der Waals surface area (Å²) in [7, 11) is 0. The standard InChI is InChI=1S/C12H9ClN4S/c1-6-8(13)4-2-7-3-5-9(15-10(6)7)11-16-12(14)18-17-11/h2-5H,1H3,(H2,14,16,17). The van der Waals surface area contributed by atoms with Gasteiger partial charge in [-0.25, -0.2) is 4.98 Å². The maximum absolute atomic E-state index is 6.10. The summed E-state index contributed by atoms with van der Waals surface area (Å²) in [4.78, 5) is 8.69. The minimum Gasteiger partial charge on any atom is -0.374 e. The van der Waals surface area contributed by atoms with E-state index in [-0.39, 0.29) is 0 Å². The SMILES string of the molecule is Cc1c(Cl)ccc2ccc(-c3nsc(N)n3)nc12. The van der Waals surface area contributed by atoms with E-state index in [4.69, 9.17) is 17.3 Å². The van der Waals surface area contributed by atoms with Crippen LogP contribution in [0.3, 0.4) is 0 Å². The van der Waals surface area contributed by atoms with E-state index in [1.165, 1.54) is 0 Å². The fourth-order valence-electron chi connectivity index (χ4n) is 1.77. The van der Waals surface area contributed by atoms with Gasteiger partial charge in [0.2, 0.25) is 0 Å². The lowest BCUT2D eigenvalue weighted by molar-refractivity contribution is 1.26. The van der Waals surface area contributed by atoms with Crippen LogP contribution in [-0.2, 0) is 0 Å². The number of anilines is 1. The Morgan fingerprint density at radius 3 is 2.67 bits per heavy atom. The summed E-state index contributed by atoms with van der Waals surface area (Å²) >= 11 is 7.26. The van der Waals surface area contributed by atoms with Crippen molar-refractivity contribution in [3.63, 3.8) is 0 Å². The quantitative estimate of drug-likeness (QED) is 0.741. The Morgan fingerprint density at radius 1 is 1.17 bits per heavy atom. The van der Waals surface area contributed by atoms with Crippen molar-refractivity contribution in [3.8, 4) is 11.5 Å². The van der Waals surface area contributed by atoms with Gasteiger partial charge in [0.1, 0.15) is 5.69 Å². The summed E-state index contributed by atoms with van der Waals surface area (Å²) in [5.74, 6) is 0.554. The molecule has 90 valence electrons. The highest BCUT2D eigenvalue weighted by Crippen LogP contribution is 2.26. The summed E-state index contributed by atoms with van der Waals surface area (Å²) in [6, 6.07) is 7.69. The molecule has 0 atom stereocenters. The first-order chi connectivity index (χ1) is 8.65. The Bertz CT molecular complexity index is 738. The van der Waals surface area contributed by atoms with Gasteiger partial charge in [-0.15, -0.1) is 0 Å². The molecule has 6 heteroatoms. The van der Waals surface area contributed by atoms with Gasteiger partial charge in [-0.05, 0) is 24.6 Å². The van der Waals surface area contributed by atoms with Gasteiger partial charge in [0, 0.05) is 21.9 Å². The molecule has 0 aliphatic rings. The third-order valence-electron chi connectivity index (χ3n) is 2.72. The summed E-state index contributed by atoms with van der Waals surface area (Å²) in [5.41, 5.74) is 8.11. The molecule has 3 aromatic rings. The molecule has 0 unspecified atom stereocenters. The third-order valence-corrected chi connectivity index (χ3v) is 3.67. The molecular formula is C12H9ClN4S. The van der Waals surface area contributed by atoms with Crippen molar-refractivity contribution < 1.29 is 0 Å². The number of hydrogen-bond acceptors (Lipinski definition) is 5. The summed E-state index contributed by atoms with van der Waals surface area (Å²) < 4.78 is 4.15. The van der Waals surface area contributed by atoms with Gasteiger partial charge in [0.15, 0.2) is 11.0 Å². The van der Waals surface area contributed by atoms with Crippen LogP contribution in [0, 0.1) is 6.92 Å². The van der Waals surface area contributed by atoms with Gasteiger partial charge in [0.25, 0.3) is 0 Å². The second-order valence-electron chi connectivity index (χ2n) is 3.90. The first-order valence-corrected chi connectivity index (χ1v) is 6.46. The van der Waals surface area contributed by atoms with Crippen LogP contribution in [-0.4, -0.2) is 14.3 Å². The summed E-state index contributed by atoms with van der Waals surface area (Å²) in [6.07, 6.45) is 0. The smallest absolute Gasteiger partial charge is 0.200 e. The van der Waals surface area contributed by atoms with Crippen molar-refractivity contribution in [3.05, 3.63) is 34.9 Å². The van der Waals surface area contributed by atoms with Crippen LogP contribution < -0.4 is 5.73 Å². The van der Waals surface area contributed by atoms with Crippen molar-refractivity contribution in [1.82, 2.24) is 14.3 Å². The number of hydrogen-bond donors (Lipinski definition) is 1. The zero-order valence-electron chi connectivity index (χ0n) is 9.51. The van der Waals surface area contributed by atoms with E-state index < -0.39 is 0 Å². The molecule has 0 saturated heterocycles. The van der Waals surface area contributed by atoms with Crippen LogP contribution in [0.2, 0.25) is 5.02 Å². The zero-order valence-corrected chi connectivity index (χ0v) is 11.1. The fourth-order valence-corrected chi connectivity index (χ4v) is 2.36. The Labute approximate surface area is 113 Å². The Morgan fingerprint density at radius 2 is 1.94 bits per heavy atom. The molecule has 0 aliphatic heterocycles. The van der Waals surface area contributed by atoms with Crippen LogP contribution >= 0.6 is 23.1 Å². The molecule has 0 amide bonds. The largest absolute Gasteiger partial charge is 0.374 e. The van der Waals surface area contributed by atoms with Gasteiger partial charge >= 0.3 is 0 Å². The van der Waals surface area contributed by atoms with Gasteiger partial charge in [-0.2, -0.15) is 9.36 Å². The number of benzene rings is 1. The number of fused-ring (bicyclic) bond motifs is 1. The van der Waals surface area contributed by atoms with Crippen molar-refractivity contribution in [2.75, 3.05) is 5.73 Å². The molecule has 3 rings (SSSR count). The maximum atomic E-state index is 6.10. The lowest BCUT2D eigenvalue weighted by Crippen LogP contribution is -1.90. The first-order valence-electron chi connectivity index (χ1n) is 5.30. The second-order valence-corrected chi connectivity index (χ2v) is 5.09. The molecule has 1 aromatic carbocycles. The van der Waals surface area contributed by atoms with Gasteiger partial charge in [-0.1, -0.05) is 23.7 Å². The first kappa shape index (κ1) is 11.4. The molecule has 0 fully saturated rings. The average molecular weight is 277 g/mol. The maximum Gasteiger partial charge on any atom is 0.200 e. The van der Waals surface area contributed by atoms with Crippen LogP contribution in [0.15, 0.2) is 24.3 Å². The molecule has 4 nitrogen and oxygen atoms in total. The average Bonchev–Trinajstić information content (AvgIpc) is 2.80. The number of nitrogens with zero attached hydrogens (tertiary/aromatic N) is 3. The number of rotatable bonds is 1. The van der Waals surface area contributed by atoms with E-state index in [1.54, 1.807) is 0 Å². The molecule has 0 aliphatic carbocycles. The molecule has 0 radical (unpaired) electrons. The predicted molar refractivity (Wildman–Crippen MR) is 74.8 cm³/mol. The molecule has 2 heterocycles. The topological polar surface area (TPSA) is 64.7 Å². The monoisotopic (exact) mass is 276 g/mol. The molecule has 2 aromatic heterocycles. The van der Waals surface area contributed by atoms with Gasteiger partial charge in [0.05, 0.1) is 5.52 Å². The number of nitrogen functional groups attached to an aromatic ring is 1. The minimum atomic E-state index is 0.440. The number of halogens is 1. The number of pyridine rings is 1. The van der Waals surface area contributed by atoms with Crippen molar-refractivity contribution in [1.29, 1.82) is 0 Å². The van der Waals surface area contributed by atoms with Gasteiger partial charge in [-0.3, -0.25) is 0 Å². The van der Waals surface area contributed by atoms with Crippen LogP contribution in [0.25, 0.3) is 22.4 Å². The fraction of sp³-hybridized carbons (Fsp3) is 0.0833. The number of aryl methyl sites for hydroxylation is 1. The highest BCUT2D eigenvalue weighted by molar-refractivity contribution is 7.09. The lowest BCUT2D eigenvalue weighted by Gasteiger charge is -2.04. The minimum absolute atomic E-state index is 0.440. The van der Waals surface area contributed by atoms with Crippen molar-refractivity contribution in [2.45, 2.75) is 6.92 Å². The highest BCUT2D eigenvalue weighted by Gasteiger charge is 2.09. The van der Waals surface area contributed by atoms with E-state index in [1.807, 2.05) is 31.2 Å².